The first-order chi connectivity index (χ1) is 18.2. The zero-order valence-corrected chi connectivity index (χ0v) is 25.8. The normalized spacial score (nSPS) is 31.1. The summed E-state index contributed by atoms with van der Waals surface area (Å²) in [5.74, 6) is 1.04. The largest absolute Gasteiger partial charge is 0.294 e. The van der Waals surface area contributed by atoms with Crippen LogP contribution < -0.4 is 0 Å². The van der Waals surface area contributed by atoms with Crippen molar-refractivity contribution in [3.8, 4) is 0 Å². The molecule has 1 saturated carbocycles. The predicted molar refractivity (Wildman–Crippen MR) is 158 cm³/mol. The van der Waals surface area contributed by atoms with E-state index in [1.54, 1.807) is 0 Å². The van der Waals surface area contributed by atoms with Crippen molar-refractivity contribution in [2.24, 2.45) is 22.2 Å². The van der Waals surface area contributed by atoms with E-state index in [0.29, 0.717) is 17.9 Å². The second kappa shape index (κ2) is 9.38. The van der Waals surface area contributed by atoms with Gasteiger partial charge in [0.2, 0.25) is 0 Å². The topological polar surface area (TPSA) is 51.2 Å². The van der Waals surface area contributed by atoms with Crippen molar-refractivity contribution >= 4 is 17.3 Å². The summed E-state index contributed by atoms with van der Waals surface area (Å²) in [5.41, 5.74) is 7.41. The average molecular weight is 529 g/mol. The van der Waals surface area contributed by atoms with Crippen LogP contribution in [0.2, 0.25) is 0 Å². The molecular formula is C36H48O3. The Morgan fingerprint density at radius 1 is 1.03 bits per heavy atom. The van der Waals surface area contributed by atoms with E-state index in [9.17, 15) is 14.4 Å². The summed E-state index contributed by atoms with van der Waals surface area (Å²) in [6.07, 6.45) is 9.93. The SMILES string of the molecule is CC(=O)C1=C(C)CC2(C)CC3(C)Cc4c(C(C)C)cc(CCC5CCCC5)c(C)c4C(=O)C3=C(C)C2(C)C1=O. The van der Waals surface area contributed by atoms with Crippen molar-refractivity contribution < 1.29 is 14.4 Å². The molecule has 0 aromatic heterocycles. The van der Waals surface area contributed by atoms with Crippen LogP contribution in [0.4, 0.5) is 0 Å². The summed E-state index contributed by atoms with van der Waals surface area (Å²) in [4.78, 5) is 41.5. The van der Waals surface area contributed by atoms with E-state index < -0.39 is 5.41 Å². The molecule has 0 bridgehead atoms. The highest BCUT2D eigenvalue weighted by Crippen LogP contribution is 2.66. The van der Waals surface area contributed by atoms with Crippen LogP contribution in [0.5, 0.6) is 0 Å². The second-order valence-electron chi connectivity index (χ2n) is 14.6. The van der Waals surface area contributed by atoms with E-state index >= 15 is 0 Å². The zero-order valence-electron chi connectivity index (χ0n) is 25.8. The zero-order chi connectivity index (χ0) is 28.7. The van der Waals surface area contributed by atoms with Crippen LogP contribution in [0.1, 0.15) is 139 Å². The lowest BCUT2D eigenvalue weighted by Gasteiger charge is -2.59. The Morgan fingerprint density at radius 3 is 2.26 bits per heavy atom. The van der Waals surface area contributed by atoms with Crippen LogP contribution in [-0.2, 0) is 22.4 Å². The highest BCUT2D eigenvalue weighted by Gasteiger charge is 2.63. The van der Waals surface area contributed by atoms with Gasteiger partial charge in [0.1, 0.15) is 0 Å². The van der Waals surface area contributed by atoms with Gasteiger partial charge in [0.05, 0.1) is 11.0 Å². The number of hydrogen-bond acceptors (Lipinski definition) is 3. The summed E-state index contributed by atoms with van der Waals surface area (Å²) in [6, 6.07) is 2.43. The minimum atomic E-state index is -0.857. The van der Waals surface area contributed by atoms with E-state index in [4.69, 9.17) is 0 Å². The van der Waals surface area contributed by atoms with Gasteiger partial charge in [-0.15, -0.1) is 0 Å². The number of ketones is 3. The maximum atomic E-state index is 14.7. The third-order valence-electron chi connectivity index (χ3n) is 11.6. The lowest BCUT2D eigenvalue weighted by molar-refractivity contribution is -0.134. The molecule has 1 aromatic carbocycles. The Hall–Kier alpha value is -2.29. The Morgan fingerprint density at radius 2 is 1.67 bits per heavy atom. The molecule has 0 aliphatic heterocycles. The smallest absolute Gasteiger partial charge is 0.190 e. The minimum absolute atomic E-state index is 0.0863. The highest BCUT2D eigenvalue weighted by molar-refractivity contribution is 6.24. The van der Waals surface area contributed by atoms with Gasteiger partial charge >= 0.3 is 0 Å². The van der Waals surface area contributed by atoms with Crippen LogP contribution in [-0.4, -0.2) is 17.3 Å². The van der Waals surface area contributed by atoms with Crippen LogP contribution >= 0.6 is 0 Å². The summed E-state index contributed by atoms with van der Waals surface area (Å²) in [5, 5.41) is 0. The molecule has 39 heavy (non-hydrogen) atoms. The molecule has 0 amide bonds. The molecule has 0 heterocycles. The molecular weight excluding hydrogens is 480 g/mol. The van der Waals surface area contributed by atoms with Gasteiger partial charge in [0.15, 0.2) is 17.3 Å². The lowest BCUT2D eigenvalue weighted by atomic mass is 9.42. The van der Waals surface area contributed by atoms with Gasteiger partial charge < -0.3 is 0 Å². The van der Waals surface area contributed by atoms with Crippen LogP contribution in [0, 0.1) is 29.1 Å². The van der Waals surface area contributed by atoms with E-state index in [1.165, 1.54) is 55.7 Å². The van der Waals surface area contributed by atoms with Crippen molar-refractivity contribution in [1.29, 1.82) is 0 Å². The first-order valence-corrected chi connectivity index (χ1v) is 15.3. The van der Waals surface area contributed by atoms with Crippen molar-refractivity contribution in [3.63, 3.8) is 0 Å². The minimum Gasteiger partial charge on any atom is -0.294 e. The first kappa shape index (κ1) is 28.2. The molecule has 4 aliphatic rings. The maximum Gasteiger partial charge on any atom is 0.190 e. The van der Waals surface area contributed by atoms with Crippen molar-refractivity contribution in [1.82, 2.24) is 0 Å². The Labute approximate surface area is 235 Å². The molecule has 1 fully saturated rings. The summed E-state index contributed by atoms with van der Waals surface area (Å²) >= 11 is 0. The third kappa shape index (κ3) is 4.00. The fourth-order valence-electron chi connectivity index (χ4n) is 9.50. The average Bonchev–Trinajstić information content (AvgIpc) is 3.34. The molecule has 210 valence electrons. The monoisotopic (exact) mass is 528 g/mol. The molecule has 3 unspecified atom stereocenters. The van der Waals surface area contributed by atoms with Crippen molar-refractivity contribution in [2.45, 2.75) is 126 Å². The molecule has 4 aliphatic carbocycles. The Balaban J connectivity index is 1.68. The van der Waals surface area contributed by atoms with E-state index in [1.807, 2.05) is 20.8 Å². The fourth-order valence-corrected chi connectivity index (χ4v) is 9.50. The van der Waals surface area contributed by atoms with Gasteiger partial charge in [-0.3, -0.25) is 14.4 Å². The number of carbonyl (C=O) groups is 3. The number of fused-ring (bicyclic) bond motifs is 3. The number of rotatable bonds is 5. The maximum absolute atomic E-state index is 14.7. The third-order valence-corrected chi connectivity index (χ3v) is 11.6. The summed E-state index contributed by atoms with van der Waals surface area (Å²) in [7, 11) is 0. The summed E-state index contributed by atoms with van der Waals surface area (Å²) in [6.45, 7) is 18.6. The van der Waals surface area contributed by atoms with Crippen molar-refractivity contribution in [2.75, 3.05) is 0 Å². The van der Waals surface area contributed by atoms with Gasteiger partial charge in [-0.2, -0.15) is 0 Å². The van der Waals surface area contributed by atoms with Gasteiger partial charge in [-0.05, 0) is 106 Å². The quantitative estimate of drug-likeness (QED) is 0.360. The molecule has 3 nitrogen and oxygen atoms in total. The number of benzene rings is 1. The molecule has 0 radical (unpaired) electrons. The van der Waals surface area contributed by atoms with Gasteiger partial charge in [-0.1, -0.05) is 70.6 Å². The van der Waals surface area contributed by atoms with E-state index in [0.717, 1.165) is 53.0 Å². The lowest BCUT2D eigenvalue weighted by Crippen LogP contribution is -2.57. The second-order valence-corrected chi connectivity index (χ2v) is 14.6. The molecule has 0 N–H and O–H groups in total. The van der Waals surface area contributed by atoms with Gasteiger partial charge in [0.25, 0.3) is 0 Å². The fraction of sp³-hybridized carbons (Fsp3) is 0.639. The standard InChI is InChI=1S/C36H48O3/c1-20(2)27-16-26(15-14-25-12-10-11-13-25)22(4)30-28(27)18-34(7)19-35(8)17-21(3)29(24(6)37)33(39)36(35,9)23(5)31(34)32(30)38/h16,20,25H,10-15,17-19H2,1-9H3. The van der Waals surface area contributed by atoms with Crippen molar-refractivity contribution in [3.05, 3.63) is 56.2 Å². The highest BCUT2D eigenvalue weighted by atomic mass is 16.2. The first-order valence-electron chi connectivity index (χ1n) is 15.3. The molecule has 3 atom stereocenters. The Bertz CT molecular complexity index is 1350. The molecule has 5 rings (SSSR count). The Kier molecular flexibility index (Phi) is 6.80. The van der Waals surface area contributed by atoms with Crippen LogP contribution in [0.25, 0.3) is 0 Å². The van der Waals surface area contributed by atoms with Gasteiger partial charge in [-0.25, -0.2) is 0 Å². The number of carbonyl (C=O) groups excluding carboxylic acids is 3. The number of allylic oxidation sites excluding steroid dienone is 4. The van der Waals surface area contributed by atoms with Gasteiger partial charge in [0, 0.05) is 16.6 Å². The molecule has 0 saturated heterocycles. The number of hydrogen-bond donors (Lipinski definition) is 0. The van der Waals surface area contributed by atoms with Crippen LogP contribution in [0.3, 0.4) is 0 Å². The van der Waals surface area contributed by atoms with E-state index in [2.05, 4.69) is 40.7 Å². The molecule has 1 aromatic rings. The van der Waals surface area contributed by atoms with Crippen LogP contribution in [0.15, 0.2) is 28.4 Å². The number of Topliss-reactive ketones (excluding diaryl/α,β-unsaturated/α-hetero) is 3. The molecule has 0 spiro atoms. The number of aryl methyl sites for hydroxylation is 1. The summed E-state index contributed by atoms with van der Waals surface area (Å²) < 4.78 is 0. The predicted octanol–water partition coefficient (Wildman–Crippen LogP) is 8.60. The molecule has 3 heteroatoms. The van der Waals surface area contributed by atoms with E-state index in [-0.39, 0.29) is 28.2 Å².